The minimum atomic E-state index is 0.527. The Bertz CT molecular complexity index is 588. The highest BCUT2D eigenvalue weighted by Gasteiger charge is 1.97. The lowest BCUT2D eigenvalue weighted by Crippen LogP contribution is -2.32. The Labute approximate surface area is 120 Å². The highest BCUT2D eigenvalue weighted by atomic mass is 15.1. The second kappa shape index (κ2) is 6.94. The maximum Gasteiger partial charge on any atom is 0.188 e. The summed E-state index contributed by atoms with van der Waals surface area (Å²) in [6.45, 7) is 5.89. The molecule has 3 heteroatoms. The molecule has 0 saturated carbocycles. The van der Waals surface area contributed by atoms with E-state index in [0.717, 1.165) is 13.0 Å². The smallest absolute Gasteiger partial charge is 0.188 e. The average Bonchev–Trinajstić information content (AvgIpc) is 2.44. The van der Waals surface area contributed by atoms with Gasteiger partial charge in [0, 0.05) is 6.54 Å². The number of nitrogens with two attached hydrogens (primary N) is 1. The van der Waals surface area contributed by atoms with Gasteiger partial charge in [0.05, 0.1) is 6.54 Å². The number of guanidine groups is 1. The van der Waals surface area contributed by atoms with Gasteiger partial charge in [-0.1, -0.05) is 50.2 Å². The van der Waals surface area contributed by atoms with E-state index in [0.29, 0.717) is 18.4 Å². The molecule has 3 N–H and O–H groups in total. The van der Waals surface area contributed by atoms with Gasteiger partial charge in [-0.3, -0.25) is 0 Å². The number of fused-ring (bicyclic) bond motifs is 1. The van der Waals surface area contributed by atoms with Crippen molar-refractivity contribution in [2.75, 3.05) is 6.54 Å². The van der Waals surface area contributed by atoms with E-state index in [1.807, 2.05) is 0 Å². The predicted molar refractivity (Wildman–Crippen MR) is 86.7 cm³/mol. The van der Waals surface area contributed by atoms with Crippen molar-refractivity contribution in [1.82, 2.24) is 5.32 Å². The lowest BCUT2D eigenvalue weighted by Gasteiger charge is -2.07. The molecule has 0 radical (unpaired) electrons. The van der Waals surface area contributed by atoms with E-state index in [9.17, 15) is 0 Å². The van der Waals surface area contributed by atoms with Crippen LogP contribution in [0.2, 0.25) is 0 Å². The van der Waals surface area contributed by atoms with Crippen LogP contribution in [0.15, 0.2) is 47.5 Å². The van der Waals surface area contributed by atoms with E-state index >= 15 is 0 Å². The molecule has 0 unspecified atom stereocenters. The van der Waals surface area contributed by atoms with E-state index < -0.39 is 0 Å². The number of nitrogens with one attached hydrogen (secondary N) is 1. The quantitative estimate of drug-likeness (QED) is 0.646. The lowest BCUT2D eigenvalue weighted by atomic mass is 10.1. The van der Waals surface area contributed by atoms with Crippen molar-refractivity contribution in [1.29, 1.82) is 0 Å². The third-order valence-corrected chi connectivity index (χ3v) is 3.27. The number of aliphatic imine (C=N–C) groups is 1. The Balaban J connectivity index is 1.94. The Morgan fingerprint density at radius 3 is 2.65 bits per heavy atom. The first-order valence-electron chi connectivity index (χ1n) is 7.16. The molecule has 20 heavy (non-hydrogen) atoms. The zero-order valence-corrected chi connectivity index (χ0v) is 12.3. The number of rotatable bonds is 5. The van der Waals surface area contributed by atoms with Gasteiger partial charge in [-0.25, -0.2) is 4.99 Å². The SMILES string of the molecule is CC(C)CCNC(N)=NCc1ccc2ccccc2c1. The Hall–Kier alpha value is -2.03. The summed E-state index contributed by atoms with van der Waals surface area (Å²) in [6, 6.07) is 14.7. The summed E-state index contributed by atoms with van der Waals surface area (Å²) in [7, 11) is 0. The van der Waals surface area contributed by atoms with E-state index in [1.165, 1.54) is 16.3 Å². The molecule has 0 spiro atoms. The molecule has 2 aromatic rings. The molecule has 0 aromatic heterocycles. The van der Waals surface area contributed by atoms with Crippen molar-refractivity contribution in [3.8, 4) is 0 Å². The molecule has 0 aliphatic carbocycles. The largest absolute Gasteiger partial charge is 0.370 e. The molecule has 0 aliphatic heterocycles. The minimum Gasteiger partial charge on any atom is -0.370 e. The molecule has 2 rings (SSSR count). The van der Waals surface area contributed by atoms with E-state index in [1.54, 1.807) is 0 Å². The summed E-state index contributed by atoms with van der Waals surface area (Å²) in [5.74, 6) is 1.20. The molecule has 0 saturated heterocycles. The highest BCUT2D eigenvalue weighted by Crippen LogP contribution is 2.15. The minimum absolute atomic E-state index is 0.527. The van der Waals surface area contributed by atoms with Gasteiger partial charge in [0.1, 0.15) is 0 Å². The zero-order valence-electron chi connectivity index (χ0n) is 12.3. The van der Waals surface area contributed by atoms with Gasteiger partial charge >= 0.3 is 0 Å². The molecule has 3 nitrogen and oxygen atoms in total. The first-order valence-corrected chi connectivity index (χ1v) is 7.16. The van der Waals surface area contributed by atoms with Crippen LogP contribution in [0.5, 0.6) is 0 Å². The number of hydrogen-bond donors (Lipinski definition) is 2. The van der Waals surface area contributed by atoms with Gasteiger partial charge in [0.15, 0.2) is 5.96 Å². The summed E-state index contributed by atoms with van der Waals surface area (Å²) in [5.41, 5.74) is 7.04. The van der Waals surface area contributed by atoms with Crippen molar-refractivity contribution in [2.24, 2.45) is 16.6 Å². The van der Waals surface area contributed by atoms with Gasteiger partial charge in [-0.2, -0.15) is 0 Å². The maximum absolute atomic E-state index is 5.86. The van der Waals surface area contributed by atoms with Crippen LogP contribution in [-0.2, 0) is 6.54 Å². The lowest BCUT2D eigenvalue weighted by molar-refractivity contribution is 0.576. The topological polar surface area (TPSA) is 50.4 Å². The van der Waals surface area contributed by atoms with Crippen LogP contribution in [0.3, 0.4) is 0 Å². The van der Waals surface area contributed by atoms with Gasteiger partial charge in [0.2, 0.25) is 0 Å². The maximum atomic E-state index is 5.86. The summed E-state index contributed by atoms with van der Waals surface area (Å²) in [4.78, 5) is 4.38. The van der Waals surface area contributed by atoms with Gasteiger partial charge < -0.3 is 11.1 Å². The van der Waals surface area contributed by atoms with E-state index in [-0.39, 0.29) is 0 Å². The molecule has 0 heterocycles. The summed E-state index contributed by atoms with van der Waals surface area (Å²) < 4.78 is 0. The van der Waals surface area contributed by atoms with Crippen LogP contribution in [0, 0.1) is 5.92 Å². The van der Waals surface area contributed by atoms with Crippen molar-refractivity contribution in [3.63, 3.8) is 0 Å². The monoisotopic (exact) mass is 269 g/mol. The molecule has 0 atom stereocenters. The van der Waals surface area contributed by atoms with Crippen LogP contribution in [0.4, 0.5) is 0 Å². The molecule has 0 fully saturated rings. The average molecular weight is 269 g/mol. The first-order chi connectivity index (χ1) is 9.65. The van der Waals surface area contributed by atoms with Gasteiger partial charge in [-0.05, 0) is 34.7 Å². The molecule has 0 bridgehead atoms. The zero-order chi connectivity index (χ0) is 14.4. The number of nitrogens with zero attached hydrogens (tertiary/aromatic N) is 1. The third-order valence-electron chi connectivity index (χ3n) is 3.27. The molecule has 0 aliphatic rings. The standard InChI is InChI=1S/C17H23N3/c1-13(2)9-10-19-17(18)20-12-14-7-8-15-5-3-4-6-16(15)11-14/h3-8,11,13H,9-10,12H2,1-2H3,(H3,18,19,20). The second-order valence-electron chi connectivity index (χ2n) is 5.49. The molecule has 0 amide bonds. The number of hydrogen-bond acceptors (Lipinski definition) is 1. The van der Waals surface area contributed by atoms with E-state index in [2.05, 4.69) is 66.6 Å². The van der Waals surface area contributed by atoms with Crippen molar-refractivity contribution in [2.45, 2.75) is 26.8 Å². The molecular weight excluding hydrogens is 246 g/mol. The Morgan fingerprint density at radius 2 is 1.90 bits per heavy atom. The second-order valence-corrected chi connectivity index (χ2v) is 5.49. The molecular formula is C17H23N3. The van der Waals surface area contributed by atoms with Crippen LogP contribution >= 0.6 is 0 Å². The van der Waals surface area contributed by atoms with Crippen LogP contribution in [0.1, 0.15) is 25.8 Å². The Kier molecular flexibility index (Phi) is 4.99. The summed E-state index contributed by atoms with van der Waals surface area (Å²) in [5, 5.41) is 5.64. The van der Waals surface area contributed by atoms with Gasteiger partial charge in [-0.15, -0.1) is 0 Å². The van der Waals surface area contributed by atoms with Crippen LogP contribution < -0.4 is 11.1 Å². The third kappa shape index (κ3) is 4.26. The summed E-state index contributed by atoms with van der Waals surface area (Å²) >= 11 is 0. The Morgan fingerprint density at radius 1 is 1.15 bits per heavy atom. The van der Waals surface area contributed by atoms with Crippen molar-refractivity contribution in [3.05, 3.63) is 48.0 Å². The van der Waals surface area contributed by atoms with Crippen LogP contribution in [-0.4, -0.2) is 12.5 Å². The predicted octanol–water partition coefficient (Wildman–Crippen LogP) is 3.29. The van der Waals surface area contributed by atoms with Crippen molar-refractivity contribution < 1.29 is 0 Å². The molecule has 2 aromatic carbocycles. The normalized spacial score (nSPS) is 12.1. The summed E-state index contributed by atoms with van der Waals surface area (Å²) in [6.07, 6.45) is 1.10. The van der Waals surface area contributed by atoms with E-state index in [4.69, 9.17) is 5.73 Å². The van der Waals surface area contributed by atoms with Gasteiger partial charge in [0.25, 0.3) is 0 Å². The number of benzene rings is 2. The fourth-order valence-corrected chi connectivity index (χ4v) is 2.06. The van der Waals surface area contributed by atoms with Crippen LogP contribution in [0.25, 0.3) is 10.8 Å². The fraction of sp³-hybridized carbons (Fsp3) is 0.353. The molecule has 106 valence electrons. The first kappa shape index (κ1) is 14.4. The fourth-order valence-electron chi connectivity index (χ4n) is 2.06. The highest BCUT2D eigenvalue weighted by molar-refractivity contribution is 5.83. The van der Waals surface area contributed by atoms with Crippen molar-refractivity contribution >= 4 is 16.7 Å².